The SMILES string of the molecule is Cc1cccc(C(=O)NCCCCO)c1C. The first kappa shape index (κ1) is 12.7. The van der Waals surface area contributed by atoms with Gasteiger partial charge in [0.15, 0.2) is 0 Å². The van der Waals surface area contributed by atoms with Gasteiger partial charge in [0.25, 0.3) is 5.91 Å². The number of unbranched alkanes of at least 4 members (excludes halogenated alkanes) is 1. The van der Waals surface area contributed by atoms with Gasteiger partial charge in [-0.25, -0.2) is 0 Å². The zero-order valence-electron chi connectivity index (χ0n) is 9.92. The molecule has 2 N–H and O–H groups in total. The Morgan fingerprint density at radius 3 is 2.75 bits per heavy atom. The average Bonchev–Trinajstić information content (AvgIpc) is 2.28. The van der Waals surface area contributed by atoms with Crippen LogP contribution < -0.4 is 5.32 Å². The fourth-order valence-corrected chi connectivity index (χ4v) is 1.53. The van der Waals surface area contributed by atoms with Gasteiger partial charge in [0.05, 0.1) is 0 Å². The van der Waals surface area contributed by atoms with Gasteiger partial charge < -0.3 is 10.4 Å². The third kappa shape index (κ3) is 3.35. The summed E-state index contributed by atoms with van der Waals surface area (Å²) >= 11 is 0. The van der Waals surface area contributed by atoms with Crippen molar-refractivity contribution in [3.8, 4) is 0 Å². The summed E-state index contributed by atoms with van der Waals surface area (Å²) in [4.78, 5) is 11.8. The Morgan fingerprint density at radius 2 is 2.06 bits per heavy atom. The molecular formula is C13H19NO2. The minimum Gasteiger partial charge on any atom is -0.396 e. The van der Waals surface area contributed by atoms with Crippen molar-refractivity contribution >= 4 is 5.91 Å². The van der Waals surface area contributed by atoms with E-state index in [-0.39, 0.29) is 12.5 Å². The molecule has 0 aromatic heterocycles. The number of nitrogens with one attached hydrogen (secondary N) is 1. The Bertz CT molecular complexity index is 361. The molecule has 0 aliphatic heterocycles. The molecule has 0 fully saturated rings. The van der Waals surface area contributed by atoms with E-state index < -0.39 is 0 Å². The molecule has 3 heteroatoms. The molecule has 0 spiro atoms. The standard InChI is InChI=1S/C13H19NO2/c1-10-6-5-7-12(11(10)2)13(16)14-8-3-4-9-15/h5-7,15H,3-4,8-9H2,1-2H3,(H,14,16). The molecule has 0 saturated carbocycles. The number of hydrogen-bond donors (Lipinski definition) is 2. The topological polar surface area (TPSA) is 49.3 Å². The van der Waals surface area contributed by atoms with E-state index in [9.17, 15) is 4.79 Å². The second-order valence-electron chi connectivity index (χ2n) is 3.93. The largest absolute Gasteiger partial charge is 0.396 e. The third-order valence-corrected chi connectivity index (χ3v) is 2.72. The smallest absolute Gasteiger partial charge is 0.251 e. The summed E-state index contributed by atoms with van der Waals surface area (Å²) in [6.45, 7) is 4.75. The first-order valence-electron chi connectivity index (χ1n) is 5.62. The number of amides is 1. The molecule has 0 radical (unpaired) electrons. The molecule has 16 heavy (non-hydrogen) atoms. The van der Waals surface area contributed by atoms with E-state index in [2.05, 4.69) is 5.32 Å². The lowest BCUT2D eigenvalue weighted by Gasteiger charge is -2.09. The second-order valence-corrected chi connectivity index (χ2v) is 3.93. The summed E-state index contributed by atoms with van der Waals surface area (Å²) in [6, 6.07) is 5.73. The molecule has 0 aliphatic rings. The van der Waals surface area contributed by atoms with E-state index in [1.165, 1.54) is 0 Å². The van der Waals surface area contributed by atoms with E-state index in [1.807, 2.05) is 32.0 Å². The van der Waals surface area contributed by atoms with Crippen molar-refractivity contribution < 1.29 is 9.90 Å². The van der Waals surface area contributed by atoms with Crippen LogP contribution in [0.1, 0.15) is 34.3 Å². The first-order valence-corrected chi connectivity index (χ1v) is 5.62. The maximum atomic E-state index is 11.8. The molecule has 3 nitrogen and oxygen atoms in total. The number of aliphatic hydroxyl groups excluding tert-OH is 1. The van der Waals surface area contributed by atoms with Crippen molar-refractivity contribution in [1.82, 2.24) is 5.32 Å². The van der Waals surface area contributed by atoms with E-state index in [1.54, 1.807) is 0 Å². The summed E-state index contributed by atoms with van der Waals surface area (Å²) in [5.74, 6) is -0.0286. The normalized spacial score (nSPS) is 10.2. The fraction of sp³-hybridized carbons (Fsp3) is 0.462. The van der Waals surface area contributed by atoms with E-state index >= 15 is 0 Å². The number of rotatable bonds is 5. The van der Waals surface area contributed by atoms with Crippen LogP contribution in [0.15, 0.2) is 18.2 Å². The Hall–Kier alpha value is -1.35. The maximum Gasteiger partial charge on any atom is 0.251 e. The lowest BCUT2D eigenvalue weighted by molar-refractivity contribution is 0.0951. The highest BCUT2D eigenvalue weighted by molar-refractivity contribution is 5.95. The van der Waals surface area contributed by atoms with Gasteiger partial charge >= 0.3 is 0 Å². The molecule has 0 unspecified atom stereocenters. The molecule has 1 aromatic rings. The molecule has 1 aromatic carbocycles. The molecule has 88 valence electrons. The molecule has 0 atom stereocenters. The highest BCUT2D eigenvalue weighted by atomic mass is 16.2. The maximum absolute atomic E-state index is 11.8. The van der Waals surface area contributed by atoms with Crippen molar-refractivity contribution in [2.45, 2.75) is 26.7 Å². The Balaban J connectivity index is 2.56. The zero-order valence-corrected chi connectivity index (χ0v) is 9.92. The van der Waals surface area contributed by atoms with Gasteiger partial charge in [0.2, 0.25) is 0 Å². The number of carbonyl (C=O) groups is 1. The summed E-state index contributed by atoms with van der Waals surface area (Å²) < 4.78 is 0. The Labute approximate surface area is 96.5 Å². The summed E-state index contributed by atoms with van der Waals surface area (Å²) in [7, 11) is 0. The van der Waals surface area contributed by atoms with Crippen molar-refractivity contribution in [2.24, 2.45) is 0 Å². The molecule has 1 rings (SSSR count). The molecule has 1 amide bonds. The van der Waals surface area contributed by atoms with E-state index in [0.717, 1.165) is 29.5 Å². The fourth-order valence-electron chi connectivity index (χ4n) is 1.53. The number of benzene rings is 1. The predicted octanol–water partition coefficient (Wildman–Crippen LogP) is 1.81. The molecular weight excluding hydrogens is 202 g/mol. The van der Waals surface area contributed by atoms with Crippen LogP contribution in [0, 0.1) is 13.8 Å². The highest BCUT2D eigenvalue weighted by Crippen LogP contribution is 2.12. The number of carbonyl (C=O) groups excluding carboxylic acids is 1. The van der Waals surface area contributed by atoms with Crippen LogP contribution in [0.25, 0.3) is 0 Å². The van der Waals surface area contributed by atoms with Gasteiger partial charge in [-0.15, -0.1) is 0 Å². The number of aryl methyl sites for hydroxylation is 1. The minimum absolute atomic E-state index is 0.0286. The van der Waals surface area contributed by atoms with Crippen LogP contribution in [-0.4, -0.2) is 24.2 Å². The van der Waals surface area contributed by atoms with Crippen LogP contribution in [0.2, 0.25) is 0 Å². The minimum atomic E-state index is -0.0286. The number of aliphatic hydroxyl groups is 1. The lowest BCUT2D eigenvalue weighted by Crippen LogP contribution is -2.25. The van der Waals surface area contributed by atoms with Gasteiger partial charge in [-0.2, -0.15) is 0 Å². The highest BCUT2D eigenvalue weighted by Gasteiger charge is 2.08. The van der Waals surface area contributed by atoms with Crippen LogP contribution in [0.3, 0.4) is 0 Å². The number of hydrogen-bond acceptors (Lipinski definition) is 2. The summed E-state index contributed by atoms with van der Waals surface area (Å²) in [5, 5.41) is 11.5. The van der Waals surface area contributed by atoms with Gasteiger partial charge in [0, 0.05) is 18.7 Å². The third-order valence-electron chi connectivity index (χ3n) is 2.72. The van der Waals surface area contributed by atoms with Crippen molar-refractivity contribution in [2.75, 3.05) is 13.2 Å². The van der Waals surface area contributed by atoms with Crippen molar-refractivity contribution in [3.63, 3.8) is 0 Å². The second kappa shape index (κ2) is 6.28. The van der Waals surface area contributed by atoms with Crippen molar-refractivity contribution in [3.05, 3.63) is 34.9 Å². The molecule has 0 aliphatic carbocycles. The predicted molar refractivity (Wildman–Crippen MR) is 64.6 cm³/mol. The van der Waals surface area contributed by atoms with Crippen LogP contribution >= 0.6 is 0 Å². The average molecular weight is 221 g/mol. The van der Waals surface area contributed by atoms with Gasteiger partial charge in [-0.05, 0) is 43.9 Å². The van der Waals surface area contributed by atoms with Gasteiger partial charge in [-0.3, -0.25) is 4.79 Å². The lowest BCUT2D eigenvalue weighted by atomic mass is 10.0. The van der Waals surface area contributed by atoms with Crippen LogP contribution in [0.4, 0.5) is 0 Å². The molecule has 0 heterocycles. The summed E-state index contributed by atoms with van der Waals surface area (Å²) in [5.41, 5.74) is 2.90. The van der Waals surface area contributed by atoms with E-state index in [0.29, 0.717) is 6.54 Å². The van der Waals surface area contributed by atoms with Gasteiger partial charge in [-0.1, -0.05) is 12.1 Å². The Kier molecular flexibility index (Phi) is 4.99. The van der Waals surface area contributed by atoms with Crippen LogP contribution in [-0.2, 0) is 0 Å². The van der Waals surface area contributed by atoms with Gasteiger partial charge in [0.1, 0.15) is 0 Å². The molecule has 0 saturated heterocycles. The van der Waals surface area contributed by atoms with Crippen LogP contribution in [0.5, 0.6) is 0 Å². The Morgan fingerprint density at radius 1 is 1.31 bits per heavy atom. The van der Waals surface area contributed by atoms with Crippen molar-refractivity contribution in [1.29, 1.82) is 0 Å². The first-order chi connectivity index (χ1) is 7.66. The van der Waals surface area contributed by atoms with E-state index in [4.69, 9.17) is 5.11 Å². The monoisotopic (exact) mass is 221 g/mol. The quantitative estimate of drug-likeness (QED) is 0.745. The molecule has 0 bridgehead atoms. The zero-order chi connectivity index (χ0) is 12.0. The summed E-state index contributed by atoms with van der Waals surface area (Å²) in [6.07, 6.45) is 1.54.